The van der Waals surface area contributed by atoms with Crippen LogP contribution in [0.4, 0.5) is 5.69 Å². The highest BCUT2D eigenvalue weighted by atomic mass is 16.6. The summed E-state index contributed by atoms with van der Waals surface area (Å²) in [6.45, 7) is 2.04. The van der Waals surface area contributed by atoms with Crippen LogP contribution in [0.3, 0.4) is 0 Å². The van der Waals surface area contributed by atoms with Crippen LogP contribution in [0.25, 0.3) is 0 Å². The Labute approximate surface area is 82.9 Å². The number of nitrogens with two attached hydrogens (primary N) is 1. The lowest BCUT2D eigenvalue weighted by Gasteiger charge is -2.09. The Hall–Kier alpha value is -1.42. The minimum absolute atomic E-state index is 0.0973. The molecule has 0 heterocycles. The lowest BCUT2D eigenvalue weighted by atomic mass is 10.0. The Morgan fingerprint density at radius 2 is 2.29 bits per heavy atom. The Balaban J connectivity index is 2.87. The van der Waals surface area contributed by atoms with E-state index in [1.165, 1.54) is 6.07 Å². The Morgan fingerprint density at radius 1 is 1.57 bits per heavy atom. The van der Waals surface area contributed by atoms with Gasteiger partial charge in [-0.1, -0.05) is 25.5 Å². The van der Waals surface area contributed by atoms with Crippen molar-refractivity contribution in [1.82, 2.24) is 0 Å². The molecule has 0 aliphatic rings. The van der Waals surface area contributed by atoms with Gasteiger partial charge in [0, 0.05) is 18.2 Å². The van der Waals surface area contributed by atoms with Crippen LogP contribution in [-0.2, 0) is 0 Å². The van der Waals surface area contributed by atoms with Gasteiger partial charge in [0.05, 0.1) is 4.92 Å². The quantitative estimate of drug-likeness (QED) is 0.591. The fourth-order valence-electron chi connectivity index (χ4n) is 1.35. The van der Waals surface area contributed by atoms with Crippen molar-refractivity contribution in [3.8, 4) is 0 Å². The Bertz CT molecular complexity index is 326. The van der Waals surface area contributed by atoms with Crippen molar-refractivity contribution in [2.75, 3.05) is 0 Å². The number of nitro groups is 1. The maximum atomic E-state index is 10.5. The van der Waals surface area contributed by atoms with Gasteiger partial charge in [-0.3, -0.25) is 10.1 Å². The third-order valence-electron chi connectivity index (χ3n) is 2.11. The first-order valence-electron chi connectivity index (χ1n) is 4.65. The minimum atomic E-state index is -0.401. The van der Waals surface area contributed by atoms with E-state index >= 15 is 0 Å². The zero-order chi connectivity index (χ0) is 10.6. The van der Waals surface area contributed by atoms with Gasteiger partial charge in [0.25, 0.3) is 5.69 Å². The van der Waals surface area contributed by atoms with E-state index in [4.69, 9.17) is 5.73 Å². The molecule has 1 aromatic rings. The van der Waals surface area contributed by atoms with Gasteiger partial charge in [0.1, 0.15) is 0 Å². The predicted molar refractivity (Wildman–Crippen MR) is 54.9 cm³/mol. The highest BCUT2D eigenvalue weighted by molar-refractivity contribution is 5.35. The normalized spacial score (nSPS) is 12.4. The SMILES string of the molecule is CCC[C@@H](N)c1cccc([N+](=O)[O-])c1. The molecule has 1 aromatic carbocycles. The fraction of sp³-hybridized carbons (Fsp3) is 0.400. The molecule has 4 heteroatoms. The van der Waals surface area contributed by atoms with Gasteiger partial charge in [-0.2, -0.15) is 0 Å². The molecule has 14 heavy (non-hydrogen) atoms. The van der Waals surface area contributed by atoms with Crippen molar-refractivity contribution in [2.45, 2.75) is 25.8 Å². The third-order valence-corrected chi connectivity index (χ3v) is 2.11. The van der Waals surface area contributed by atoms with Crippen molar-refractivity contribution < 1.29 is 4.92 Å². The largest absolute Gasteiger partial charge is 0.324 e. The molecule has 0 aliphatic carbocycles. The summed E-state index contributed by atoms with van der Waals surface area (Å²) in [4.78, 5) is 10.1. The highest BCUT2D eigenvalue weighted by Crippen LogP contribution is 2.20. The number of rotatable bonds is 4. The molecule has 76 valence electrons. The average molecular weight is 194 g/mol. The summed E-state index contributed by atoms with van der Waals surface area (Å²) >= 11 is 0. The number of benzene rings is 1. The number of non-ortho nitro benzene ring substituents is 1. The monoisotopic (exact) mass is 194 g/mol. The predicted octanol–water partition coefficient (Wildman–Crippen LogP) is 2.39. The van der Waals surface area contributed by atoms with Crippen LogP contribution in [0.5, 0.6) is 0 Å². The van der Waals surface area contributed by atoms with Crippen molar-refractivity contribution in [3.05, 3.63) is 39.9 Å². The molecule has 0 aliphatic heterocycles. The molecule has 0 bridgehead atoms. The van der Waals surface area contributed by atoms with Crippen LogP contribution in [0.1, 0.15) is 31.4 Å². The average Bonchev–Trinajstić information content (AvgIpc) is 2.18. The number of hydrogen-bond donors (Lipinski definition) is 1. The highest BCUT2D eigenvalue weighted by Gasteiger charge is 2.09. The Morgan fingerprint density at radius 3 is 2.86 bits per heavy atom. The molecule has 0 aromatic heterocycles. The van der Waals surface area contributed by atoms with Gasteiger partial charge in [0.15, 0.2) is 0 Å². The summed E-state index contributed by atoms with van der Waals surface area (Å²) in [7, 11) is 0. The molecular weight excluding hydrogens is 180 g/mol. The number of nitrogens with zero attached hydrogens (tertiary/aromatic N) is 1. The molecular formula is C10H14N2O2. The van der Waals surface area contributed by atoms with Gasteiger partial charge < -0.3 is 5.73 Å². The second-order valence-corrected chi connectivity index (χ2v) is 3.25. The van der Waals surface area contributed by atoms with Gasteiger partial charge in [0.2, 0.25) is 0 Å². The molecule has 1 atom stereocenters. The summed E-state index contributed by atoms with van der Waals surface area (Å²) < 4.78 is 0. The molecule has 0 radical (unpaired) electrons. The first-order chi connectivity index (χ1) is 6.65. The Kier molecular flexibility index (Phi) is 3.59. The van der Waals surface area contributed by atoms with Crippen LogP contribution in [0, 0.1) is 10.1 Å². The second kappa shape index (κ2) is 4.72. The molecule has 0 spiro atoms. The second-order valence-electron chi connectivity index (χ2n) is 3.25. The lowest BCUT2D eigenvalue weighted by molar-refractivity contribution is -0.384. The molecule has 1 rings (SSSR count). The molecule has 0 saturated carbocycles. The first-order valence-corrected chi connectivity index (χ1v) is 4.65. The van der Waals surface area contributed by atoms with Crippen molar-refractivity contribution >= 4 is 5.69 Å². The van der Waals surface area contributed by atoms with Gasteiger partial charge in [-0.05, 0) is 12.0 Å². The van der Waals surface area contributed by atoms with Crippen molar-refractivity contribution in [1.29, 1.82) is 0 Å². The molecule has 0 unspecified atom stereocenters. The van der Waals surface area contributed by atoms with Gasteiger partial charge in [-0.25, -0.2) is 0 Å². The topological polar surface area (TPSA) is 69.2 Å². The van der Waals surface area contributed by atoms with E-state index in [0.717, 1.165) is 18.4 Å². The van der Waals surface area contributed by atoms with Crippen molar-refractivity contribution in [3.63, 3.8) is 0 Å². The summed E-state index contributed by atoms with van der Waals surface area (Å²) in [5.41, 5.74) is 6.79. The van der Waals surface area contributed by atoms with Gasteiger partial charge in [-0.15, -0.1) is 0 Å². The van der Waals surface area contributed by atoms with E-state index in [9.17, 15) is 10.1 Å². The standard InChI is InChI=1S/C10H14N2O2/c1-2-4-10(11)8-5-3-6-9(7-8)12(13)14/h3,5-7,10H,2,4,11H2,1H3/t10-/m1/s1. The van der Waals surface area contributed by atoms with E-state index in [0.29, 0.717) is 0 Å². The fourth-order valence-corrected chi connectivity index (χ4v) is 1.35. The maximum absolute atomic E-state index is 10.5. The molecule has 0 fully saturated rings. The maximum Gasteiger partial charge on any atom is 0.269 e. The van der Waals surface area contributed by atoms with Crippen LogP contribution in [0.2, 0.25) is 0 Å². The third kappa shape index (κ3) is 2.53. The molecule has 0 amide bonds. The summed E-state index contributed by atoms with van der Waals surface area (Å²) in [6.07, 6.45) is 1.82. The zero-order valence-electron chi connectivity index (χ0n) is 8.14. The van der Waals surface area contributed by atoms with Crippen LogP contribution in [0.15, 0.2) is 24.3 Å². The van der Waals surface area contributed by atoms with Crippen LogP contribution >= 0.6 is 0 Å². The van der Waals surface area contributed by atoms with Crippen molar-refractivity contribution in [2.24, 2.45) is 5.73 Å². The van der Waals surface area contributed by atoms with E-state index < -0.39 is 4.92 Å². The van der Waals surface area contributed by atoms with Gasteiger partial charge >= 0.3 is 0 Å². The summed E-state index contributed by atoms with van der Waals surface area (Å²) in [5, 5.41) is 10.5. The molecule has 2 N–H and O–H groups in total. The first kappa shape index (κ1) is 10.7. The smallest absolute Gasteiger partial charge is 0.269 e. The lowest BCUT2D eigenvalue weighted by Crippen LogP contribution is -2.09. The summed E-state index contributed by atoms with van der Waals surface area (Å²) in [5.74, 6) is 0. The summed E-state index contributed by atoms with van der Waals surface area (Å²) in [6, 6.07) is 6.42. The van der Waals surface area contributed by atoms with E-state index in [1.807, 2.05) is 13.0 Å². The van der Waals surface area contributed by atoms with E-state index in [2.05, 4.69) is 0 Å². The minimum Gasteiger partial charge on any atom is -0.324 e. The van der Waals surface area contributed by atoms with Crippen LogP contribution < -0.4 is 5.73 Å². The van der Waals surface area contributed by atoms with Crippen LogP contribution in [-0.4, -0.2) is 4.92 Å². The zero-order valence-corrected chi connectivity index (χ0v) is 8.14. The molecule has 0 saturated heterocycles. The number of nitro benzene ring substituents is 1. The number of hydrogen-bond acceptors (Lipinski definition) is 3. The van der Waals surface area contributed by atoms with E-state index in [1.54, 1.807) is 12.1 Å². The van der Waals surface area contributed by atoms with E-state index in [-0.39, 0.29) is 11.7 Å². The molecule has 4 nitrogen and oxygen atoms in total.